The number of nitrogen functional groups attached to an aromatic ring is 1. The molecule has 1 aromatic rings. The van der Waals surface area contributed by atoms with Crippen molar-refractivity contribution in [1.82, 2.24) is 5.32 Å². The van der Waals surface area contributed by atoms with Crippen LogP contribution >= 0.6 is 11.3 Å². The molecule has 0 bridgehead atoms. The summed E-state index contributed by atoms with van der Waals surface area (Å²) in [5.41, 5.74) is 13.5. The normalized spacial score (nSPS) is 32.4. The maximum absolute atomic E-state index is 6.47. The van der Waals surface area contributed by atoms with Crippen molar-refractivity contribution < 1.29 is 0 Å². The summed E-state index contributed by atoms with van der Waals surface area (Å²) in [5, 5.41) is 8.34. The molecule has 1 unspecified atom stereocenters. The summed E-state index contributed by atoms with van der Waals surface area (Å²) in [7, 11) is 0. The van der Waals surface area contributed by atoms with Crippen LogP contribution in [0, 0.1) is 5.92 Å². The molecule has 0 amide bonds. The lowest BCUT2D eigenvalue weighted by Crippen LogP contribution is -2.45. The first kappa shape index (κ1) is 10.1. The van der Waals surface area contributed by atoms with E-state index < -0.39 is 5.66 Å². The van der Waals surface area contributed by atoms with Crippen LogP contribution in [0.1, 0.15) is 11.3 Å². The summed E-state index contributed by atoms with van der Waals surface area (Å²) >= 11 is 1.59. The largest absolute Gasteiger partial charge is 0.396 e. The first-order valence-corrected chi connectivity index (χ1v) is 6.27. The van der Waals surface area contributed by atoms with Gasteiger partial charge in [0.25, 0.3) is 0 Å². The molecule has 1 fully saturated rings. The highest BCUT2D eigenvalue weighted by Gasteiger charge is 2.42. The monoisotopic (exact) mass is 237 g/mol. The molecule has 1 saturated heterocycles. The Morgan fingerprint density at radius 3 is 3.19 bits per heavy atom. The van der Waals surface area contributed by atoms with E-state index in [1.807, 2.05) is 5.38 Å². The third-order valence-electron chi connectivity index (χ3n) is 3.35. The lowest BCUT2D eigenvalue weighted by Gasteiger charge is -2.33. The molecule has 3 heterocycles. The summed E-state index contributed by atoms with van der Waals surface area (Å²) in [4.78, 5) is 5.51. The maximum Gasteiger partial charge on any atom is 0.150 e. The summed E-state index contributed by atoms with van der Waals surface area (Å²) in [5.74, 6) is 0.350. The molecule has 6 heteroatoms. The van der Waals surface area contributed by atoms with Crippen molar-refractivity contribution in [1.29, 1.82) is 0 Å². The minimum absolute atomic E-state index is 0.350. The molecule has 2 atom stereocenters. The average Bonchev–Trinajstić information content (AvgIpc) is 2.89. The quantitative estimate of drug-likeness (QED) is 0.573. The number of nitrogens with zero attached hydrogens (tertiary/aromatic N) is 1. The first-order chi connectivity index (χ1) is 7.72. The molecule has 2 aliphatic rings. The van der Waals surface area contributed by atoms with E-state index in [1.165, 1.54) is 0 Å². The summed E-state index contributed by atoms with van der Waals surface area (Å²) in [6, 6.07) is 0. The van der Waals surface area contributed by atoms with E-state index in [-0.39, 0.29) is 0 Å². The Balaban J connectivity index is 2.06. The van der Waals surface area contributed by atoms with Crippen LogP contribution in [0.5, 0.6) is 0 Å². The molecule has 1 aromatic heterocycles. The third-order valence-corrected chi connectivity index (χ3v) is 4.49. The van der Waals surface area contributed by atoms with Crippen molar-refractivity contribution in [2.24, 2.45) is 16.6 Å². The summed E-state index contributed by atoms with van der Waals surface area (Å²) in [6.45, 7) is 1.94. The number of fused-ring (bicyclic) bond motifs is 1. The van der Waals surface area contributed by atoms with Gasteiger partial charge in [-0.1, -0.05) is 0 Å². The number of hydrogen-bond acceptors (Lipinski definition) is 6. The van der Waals surface area contributed by atoms with E-state index in [9.17, 15) is 0 Å². The van der Waals surface area contributed by atoms with E-state index in [4.69, 9.17) is 11.5 Å². The van der Waals surface area contributed by atoms with Crippen molar-refractivity contribution in [3.63, 3.8) is 0 Å². The molecular weight excluding hydrogens is 222 g/mol. The predicted molar refractivity (Wildman–Crippen MR) is 67.7 cm³/mol. The zero-order valence-corrected chi connectivity index (χ0v) is 9.68. The van der Waals surface area contributed by atoms with E-state index in [1.54, 1.807) is 17.7 Å². The van der Waals surface area contributed by atoms with Crippen molar-refractivity contribution in [3.05, 3.63) is 10.3 Å². The first-order valence-electron chi connectivity index (χ1n) is 5.39. The second-order valence-electron chi connectivity index (χ2n) is 4.31. The molecule has 0 radical (unpaired) electrons. The molecule has 2 aliphatic heterocycles. The number of nitrogens with two attached hydrogens (primary N) is 2. The van der Waals surface area contributed by atoms with Crippen LogP contribution in [-0.2, 0) is 5.66 Å². The van der Waals surface area contributed by atoms with Gasteiger partial charge in [-0.05, 0) is 13.0 Å². The predicted octanol–water partition coefficient (Wildman–Crippen LogP) is 0.505. The fourth-order valence-corrected chi connectivity index (χ4v) is 3.46. The minimum Gasteiger partial charge on any atom is -0.396 e. The Morgan fingerprint density at radius 1 is 1.56 bits per heavy atom. The van der Waals surface area contributed by atoms with Gasteiger partial charge in [-0.3, -0.25) is 0 Å². The average molecular weight is 237 g/mol. The molecule has 0 saturated carbocycles. The maximum atomic E-state index is 6.47. The highest BCUT2D eigenvalue weighted by atomic mass is 32.1. The van der Waals surface area contributed by atoms with Crippen molar-refractivity contribution >= 4 is 29.1 Å². The number of hydrogen-bond donors (Lipinski definition) is 4. The fraction of sp³-hybridized carbons (Fsp3) is 0.500. The smallest absolute Gasteiger partial charge is 0.150 e. The molecule has 3 rings (SSSR count). The second-order valence-corrected chi connectivity index (χ2v) is 5.19. The van der Waals surface area contributed by atoms with Crippen molar-refractivity contribution in [3.8, 4) is 0 Å². The second kappa shape index (κ2) is 3.44. The third kappa shape index (κ3) is 1.27. The van der Waals surface area contributed by atoms with Crippen LogP contribution in [0.2, 0.25) is 0 Å². The highest BCUT2D eigenvalue weighted by molar-refractivity contribution is 7.11. The zero-order chi connectivity index (χ0) is 11.2. The lowest BCUT2D eigenvalue weighted by atomic mass is 9.90. The molecule has 5 nitrogen and oxygen atoms in total. The van der Waals surface area contributed by atoms with Gasteiger partial charge >= 0.3 is 0 Å². The van der Waals surface area contributed by atoms with Gasteiger partial charge in [-0.25, -0.2) is 4.99 Å². The Labute approximate surface area is 97.9 Å². The van der Waals surface area contributed by atoms with Gasteiger partial charge in [0.1, 0.15) is 0 Å². The van der Waals surface area contributed by atoms with Gasteiger partial charge in [0.05, 0.1) is 22.6 Å². The Kier molecular flexibility index (Phi) is 2.17. The molecule has 16 heavy (non-hydrogen) atoms. The molecule has 0 aromatic carbocycles. The van der Waals surface area contributed by atoms with Gasteiger partial charge in [0.15, 0.2) is 5.66 Å². The van der Waals surface area contributed by atoms with Gasteiger partial charge in [-0.2, -0.15) is 0 Å². The van der Waals surface area contributed by atoms with Crippen LogP contribution in [0.4, 0.5) is 11.4 Å². The minimum atomic E-state index is -0.605. The van der Waals surface area contributed by atoms with Gasteiger partial charge in [0.2, 0.25) is 0 Å². The Hall–Kier alpha value is -1.11. The molecule has 0 aliphatic carbocycles. The summed E-state index contributed by atoms with van der Waals surface area (Å²) < 4.78 is 0. The van der Waals surface area contributed by atoms with Crippen LogP contribution in [0.15, 0.2) is 10.4 Å². The zero-order valence-electron chi connectivity index (χ0n) is 8.86. The number of nitrogens with one attached hydrogen (secondary N) is 2. The van der Waals surface area contributed by atoms with Gasteiger partial charge in [-0.15, -0.1) is 11.3 Å². The number of thiophene rings is 1. The van der Waals surface area contributed by atoms with Crippen molar-refractivity contribution in [2.75, 3.05) is 24.1 Å². The topological polar surface area (TPSA) is 88.5 Å². The molecular formula is C10H15N5S. The lowest BCUT2D eigenvalue weighted by molar-refractivity contribution is 0.314. The standard InChI is InChI=1S/C10H15N5S/c11-7-4-16-9-8(7)14-5-15-10(9,12)6-1-2-13-3-6/h4-6,13H,1-3,11-12H2,(H,14,15)/t6?,10-/m1/s1. The van der Waals surface area contributed by atoms with Crippen LogP contribution in [0.25, 0.3) is 0 Å². The number of aliphatic imine (C=N–C) groups is 1. The molecule has 6 N–H and O–H groups in total. The van der Waals surface area contributed by atoms with E-state index in [0.29, 0.717) is 5.92 Å². The Morgan fingerprint density at radius 2 is 2.44 bits per heavy atom. The molecule has 0 spiro atoms. The SMILES string of the molecule is Nc1csc2c1NC=N[C@]2(N)C1CCNC1. The van der Waals surface area contributed by atoms with E-state index in [2.05, 4.69) is 15.6 Å². The highest BCUT2D eigenvalue weighted by Crippen LogP contribution is 2.44. The van der Waals surface area contributed by atoms with Gasteiger partial charge in [0, 0.05) is 17.8 Å². The van der Waals surface area contributed by atoms with E-state index >= 15 is 0 Å². The number of rotatable bonds is 1. The van der Waals surface area contributed by atoms with E-state index in [0.717, 1.165) is 35.8 Å². The van der Waals surface area contributed by atoms with Crippen LogP contribution < -0.4 is 22.1 Å². The van der Waals surface area contributed by atoms with Crippen LogP contribution in [0.3, 0.4) is 0 Å². The summed E-state index contributed by atoms with van der Waals surface area (Å²) in [6.07, 6.45) is 2.73. The number of anilines is 2. The van der Waals surface area contributed by atoms with Crippen molar-refractivity contribution in [2.45, 2.75) is 12.1 Å². The molecule has 86 valence electrons. The van der Waals surface area contributed by atoms with Crippen LogP contribution in [-0.4, -0.2) is 19.4 Å². The Bertz CT molecular complexity index is 434. The van der Waals surface area contributed by atoms with Gasteiger partial charge < -0.3 is 22.1 Å². The fourth-order valence-electron chi connectivity index (χ4n) is 2.40.